The number of halogens is 3. The number of carbonyl (C=O) groups is 1. The molecule has 25 heavy (non-hydrogen) atoms. The van der Waals surface area contributed by atoms with Gasteiger partial charge in [-0.1, -0.05) is 46.9 Å². The van der Waals surface area contributed by atoms with Crippen LogP contribution in [0.2, 0.25) is 15.1 Å². The Labute approximate surface area is 161 Å². The topological polar surface area (TPSA) is 75.3 Å². The molecule has 0 fully saturated rings. The zero-order chi connectivity index (χ0) is 18.6. The van der Waals surface area contributed by atoms with Crippen molar-refractivity contribution in [2.24, 2.45) is 0 Å². The van der Waals surface area contributed by atoms with Crippen LogP contribution in [0.4, 0.5) is 0 Å². The highest BCUT2D eigenvalue weighted by Crippen LogP contribution is 2.25. The summed E-state index contributed by atoms with van der Waals surface area (Å²) in [7, 11) is -3.99. The van der Waals surface area contributed by atoms with E-state index < -0.39 is 22.0 Å². The second-order valence-corrected chi connectivity index (χ2v) is 8.22. The molecule has 0 aliphatic carbocycles. The number of carbonyl (C=O) groups excluding carboxylic acids is 1. The zero-order valence-electron chi connectivity index (χ0n) is 13.1. The third-order valence-corrected chi connectivity index (χ3v) is 5.80. The molecule has 0 unspecified atom stereocenters. The fraction of sp³-hybridized carbons (Fsp3) is 0.188. The molecule has 9 heteroatoms. The number of sulfonamides is 1. The van der Waals surface area contributed by atoms with Gasteiger partial charge in [0.15, 0.2) is 0 Å². The molecule has 0 bridgehead atoms. The van der Waals surface area contributed by atoms with Crippen LogP contribution in [0.5, 0.6) is 0 Å². The first-order valence-electron chi connectivity index (χ1n) is 7.18. The van der Waals surface area contributed by atoms with Gasteiger partial charge in [-0.15, -0.1) is 0 Å². The number of amides is 1. The monoisotopic (exact) mass is 420 g/mol. The minimum Gasteiger partial charge on any atom is -0.351 e. The van der Waals surface area contributed by atoms with Crippen LogP contribution in [0.15, 0.2) is 47.4 Å². The van der Waals surface area contributed by atoms with Crippen LogP contribution in [-0.2, 0) is 21.4 Å². The lowest BCUT2D eigenvalue weighted by atomic mass is 10.2. The van der Waals surface area contributed by atoms with E-state index >= 15 is 0 Å². The van der Waals surface area contributed by atoms with Crippen molar-refractivity contribution in [1.29, 1.82) is 0 Å². The highest BCUT2D eigenvalue weighted by Gasteiger charge is 2.24. The molecule has 0 spiro atoms. The third-order valence-electron chi connectivity index (χ3n) is 3.29. The number of hydrogen-bond donors (Lipinski definition) is 2. The predicted molar refractivity (Wildman–Crippen MR) is 99.5 cm³/mol. The highest BCUT2D eigenvalue weighted by molar-refractivity contribution is 7.89. The van der Waals surface area contributed by atoms with Gasteiger partial charge < -0.3 is 5.32 Å². The van der Waals surface area contributed by atoms with Crippen molar-refractivity contribution in [2.45, 2.75) is 24.4 Å². The fourth-order valence-corrected chi connectivity index (χ4v) is 4.07. The summed E-state index contributed by atoms with van der Waals surface area (Å²) in [6.45, 7) is 1.69. The summed E-state index contributed by atoms with van der Waals surface area (Å²) >= 11 is 17.5. The van der Waals surface area contributed by atoms with Crippen LogP contribution in [0, 0.1) is 0 Å². The quantitative estimate of drug-likeness (QED) is 0.748. The molecule has 0 saturated carbocycles. The molecular formula is C16H15Cl3N2O3S. The number of hydrogen-bond acceptors (Lipinski definition) is 3. The molecule has 5 nitrogen and oxygen atoms in total. The Kier molecular flexibility index (Phi) is 6.71. The molecule has 2 rings (SSSR count). The van der Waals surface area contributed by atoms with Crippen molar-refractivity contribution in [3.8, 4) is 0 Å². The summed E-state index contributed by atoms with van der Waals surface area (Å²) in [4.78, 5) is 11.9. The maximum Gasteiger partial charge on any atom is 0.242 e. The summed E-state index contributed by atoms with van der Waals surface area (Å²) in [6.07, 6.45) is 0. The molecule has 0 heterocycles. The van der Waals surface area contributed by atoms with Crippen LogP contribution in [0.25, 0.3) is 0 Å². The van der Waals surface area contributed by atoms with Crippen LogP contribution in [0.3, 0.4) is 0 Å². The van der Waals surface area contributed by atoms with E-state index in [0.29, 0.717) is 5.02 Å². The highest BCUT2D eigenvalue weighted by atomic mass is 35.5. The number of rotatable bonds is 6. The van der Waals surface area contributed by atoms with Gasteiger partial charge in [-0.3, -0.25) is 4.79 Å². The lowest BCUT2D eigenvalue weighted by molar-refractivity contribution is -0.122. The van der Waals surface area contributed by atoms with Gasteiger partial charge in [-0.25, -0.2) is 8.42 Å². The van der Waals surface area contributed by atoms with Crippen molar-refractivity contribution in [2.75, 3.05) is 0 Å². The Morgan fingerprint density at radius 3 is 2.28 bits per heavy atom. The van der Waals surface area contributed by atoms with E-state index in [1.165, 1.54) is 25.1 Å². The van der Waals surface area contributed by atoms with Crippen molar-refractivity contribution < 1.29 is 13.2 Å². The maximum absolute atomic E-state index is 12.4. The van der Waals surface area contributed by atoms with Crippen molar-refractivity contribution >= 4 is 50.7 Å². The molecule has 0 aliphatic heterocycles. The van der Waals surface area contributed by atoms with Gasteiger partial charge in [-0.2, -0.15) is 4.72 Å². The molecule has 0 radical (unpaired) electrons. The standard InChI is InChI=1S/C16H15Cl3N2O3S/c1-10(16(22)20-9-11-2-4-12(17)5-3-11)21-25(23,24)15-8-13(18)6-7-14(15)19/h2-8,10,21H,9H2,1H3,(H,20,22)/t10-/m0/s1. The molecule has 1 atom stereocenters. The molecule has 134 valence electrons. The van der Waals surface area contributed by atoms with E-state index in [0.717, 1.165) is 5.56 Å². The second-order valence-electron chi connectivity index (χ2n) is 5.26. The normalized spacial score (nSPS) is 12.6. The molecule has 1 amide bonds. The van der Waals surface area contributed by atoms with Crippen molar-refractivity contribution in [1.82, 2.24) is 10.0 Å². The first-order valence-corrected chi connectivity index (χ1v) is 9.80. The average molecular weight is 422 g/mol. The molecule has 0 saturated heterocycles. The zero-order valence-corrected chi connectivity index (χ0v) is 16.2. The maximum atomic E-state index is 12.4. The van der Waals surface area contributed by atoms with E-state index in [1.807, 2.05) is 0 Å². The Balaban J connectivity index is 2.02. The summed E-state index contributed by atoms with van der Waals surface area (Å²) < 4.78 is 27.0. The van der Waals surface area contributed by atoms with Crippen LogP contribution in [0.1, 0.15) is 12.5 Å². The molecule has 2 aromatic rings. The Morgan fingerprint density at radius 1 is 1.04 bits per heavy atom. The van der Waals surface area contributed by atoms with Crippen molar-refractivity contribution in [3.05, 3.63) is 63.1 Å². The van der Waals surface area contributed by atoms with Gasteiger partial charge in [0.05, 0.1) is 11.1 Å². The average Bonchev–Trinajstić information content (AvgIpc) is 2.55. The Hall–Kier alpha value is -1.31. The molecule has 0 aromatic heterocycles. The van der Waals surface area contributed by atoms with E-state index in [9.17, 15) is 13.2 Å². The number of benzene rings is 2. The SMILES string of the molecule is C[C@H](NS(=O)(=O)c1cc(Cl)ccc1Cl)C(=O)NCc1ccc(Cl)cc1. The van der Waals surface area contributed by atoms with E-state index in [-0.39, 0.29) is 21.5 Å². The summed E-state index contributed by atoms with van der Waals surface area (Å²) in [6, 6.07) is 10.0. The van der Waals surface area contributed by atoms with E-state index in [1.54, 1.807) is 24.3 Å². The lowest BCUT2D eigenvalue weighted by Gasteiger charge is -2.15. The summed E-state index contributed by atoms with van der Waals surface area (Å²) in [5, 5.41) is 3.49. The smallest absolute Gasteiger partial charge is 0.242 e. The van der Waals surface area contributed by atoms with Gasteiger partial charge in [0, 0.05) is 16.6 Å². The fourth-order valence-electron chi connectivity index (χ4n) is 1.98. The molecule has 2 N–H and O–H groups in total. The van der Waals surface area contributed by atoms with Gasteiger partial charge in [0.1, 0.15) is 4.90 Å². The first kappa shape index (κ1) is 20.0. The largest absolute Gasteiger partial charge is 0.351 e. The van der Waals surface area contributed by atoms with Gasteiger partial charge in [0.25, 0.3) is 0 Å². The van der Waals surface area contributed by atoms with Crippen LogP contribution in [-0.4, -0.2) is 20.4 Å². The first-order chi connectivity index (χ1) is 11.7. The lowest BCUT2D eigenvalue weighted by Crippen LogP contribution is -2.44. The minimum atomic E-state index is -3.99. The van der Waals surface area contributed by atoms with Crippen LogP contribution < -0.4 is 10.0 Å². The Bertz CT molecular complexity index is 871. The Morgan fingerprint density at radius 2 is 1.64 bits per heavy atom. The van der Waals surface area contributed by atoms with E-state index in [2.05, 4.69) is 10.0 Å². The van der Waals surface area contributed by atoms with Gasteiger partial charge in [0.2, 0.25) is 15.9 Å². The summed E-state index contributed by atoms with van der Waals surface area (Å²) in [5.41, 5.74) is 0.839. The van der Waals surface area contributed by atoms with Crippen molar-refractivity contribution in [3.63, 3.8) is 0 Å². The third kappa shape index (κ3) is 5.59. The van der Waals surface area contributed by atoms with Gasteiger partial charge in [-0.05, 0) is 42.8 Å². The predicted octanol–water partition coefficient (Wildman–Crippen LogP) is 3.63. The van der Waals surface area contributed by atoms with Crippen LogP contribution >= 0.6 is 34.8 Å². The minimum absolute atomic E-state index is 0.0191. The summed E-state index contributed by atoms with van der Waals surface area (Å²) in [5.74, 6) is -0.475. The van der Waals surface area contributed by atoms with Gasteiger partial charge >= 0.3 is 0 Å². The number of nitrogens with one attached hydrogen (secondary N) is 2. The molecule has 0 aliphatic rings. The molecule has 2 aromatic carbocycles. The van der Waals surface area contributed by atoms with E-state index in [4.69, 9.17) is 34.8 Å². The second kappa shape index (κ2) is 8.38. The molecular weight excluding hydrogens is 407 g/mol.